The Morgan fingerprint density at radius 3 is 2.80 bits per heavy atom. The summed E-state index contributed by atoms with van der Waals surface area (Å²) < 4.78 is 0. The number of nitrogens with zero attached hydrogens (tertiary/aromatic N) is 2. The van der Waals surface area contributed by atoms with Crippen LogP contribution in [0, 0.1) is 5.92 Å². The molecule has 1 fully saturated rings. The highest BCUT2D eigenvalue weighted by molar-refractivity contribution is 5.44. The van der Waals surface area contributed by atoms with Crippen LogP contribution in [-0.2, 0) is 0 Å². The standard InChI is InChI=1S/C17H28N2O/c1-3-6-14-7-5-11-19(12-10-14)15-8-9-16(18-13-15)17(20)4-2/h8-9,13-14,17,20H,3-7,10-12H2,1-2H3/t14?,17-/m1/s1. The first kappa shape index (κ1) is 15.3. The number of anilines is 1. The predicted octanol–water partition coefficient (Wildman–Crippen LogP) is 3.93. The molecule has 0 aromatic carbocycles. The van der Waals surface area contributed by atoms with Gasteiger partial charge in [0.25, 0.3) is 0 Å². The van der Waals surface area contributed by atoms with Crippen LogP contribution < -0.4 is 4.90 Å². The van der Waals surface area contributed by atoms with Crippen molar-refractivity contribution in [1.29, 1.82) is 0 Å². The van der Waals surface area contributed by atoms with E-state index in [4.69, 9.17) is 0 Å². The molecular formula is C17H28N2O. The van der Waals surface area contributed by atoms with Crippen molar-refractivity contribution in [2.24, 2.45) is 5.92 Å². The van der Waals surface area contributed by atoms with Crippen molar-refractivity contribution in [2.75, 3.05) is 18.0 Å². The first-order valence-electron chi connectivity index (χ1n) is 8.13. The van der Waals surface area contributed by atoms with Gasteiger partial charge in [-0.15, -0.1) is 0 Å². The van der Waals surface area contributed by atoms with E-state index in [9.17, 15) is 5.11 Å². The lowest BCUT2D eigenvalue weighted by atomic mass is 9.96. The summed E-state index contributed by atoms with van der Waals surface area (Å²) in [7, 11) is 0. The number of pyridine rings is 1. The largest absolute Gasteiger partial charge is 0.387 e. The van der Waals surface area contributed by atoms with Crippen molar-refractivity contribution >= 4 is 5.69 Å². The monoisotopic (exact) mass is 276 g/mol. The van der Waals surface area contributed by atoms with Gasteiger partial charge in [0.1, 0.15) is 0 Å². The van der Waals surface area contributed by atoms with Gasteiger partial charge in [0.15, 0.2) is 0 Å². The summed E-state index contributed by atoms with van der Waals surface area (Å²) in [5, 5.41) is 9.79. The van der Waals surface area contributed by atoms with Crippen molar-refractivity contribution in [3.63, 3.8) is 0 Å². The van der Waals surface area contributed by atoms with Gasteiger partial charge in [-0.1, -0.05) is 26.7 Å². The van der Waals surface area contributed by atoms with E-state index in [0.717, 1.165) is 31.1 Å². The number of aliphatic hydroxyl groups excluding tert-OH is 1. The molecule has 1 N–H and O–H groups in total. The Morgan fingerprint density at radius 2 is 2.15 bits per heavy atom. The molecule has 1 saturated heterocycles. The van der Waals surface area contributed by atoms with E-state index in [1.54, 1.807) is 0 Å². The molecule has 3 nitrogen and oxygen atoms in total. The maximum Gasteiger partial charge on any atom is 0.0957 e. The van der Waals surface area contributed by atoms with Crippen molar-refractivity contribution in [2.45, 2.75) is 58.5 Å². The summed E-state index contributed by atoms with van der Waals surface area (Å²) >= 11 is 0. The third kappa shape index (κ3) is 3.95. The van der Waals surface area contributed by atoms with Crippen molar-refractivity contribution in [1.82, 2.24) is 4.98 Å². The first-order valence-corrected chi connectivity index (χ1v) is 8.13. The van der Waals surface area contributed by atoms with Gasteiger partial charge < -0.3 is 10.0 Å². The lowest BCUT2D eigenvalue weighted by molar-refractivity contribution is 0.169. The summed E-state index contributed by atoms with van der Waals surface area (Å²) in [6.07, 6.45) is 8.83. The molecule has 0 bridgehead atoms. The van der Waals surface area contributed by atoms with E-state index < -0.39 is 6.10 Å². The normalized spacial score (nSPS) is 21.6. The highest BCUT2D eigenvalue weighted by atomic mass is 16.3. The Morgan fingerprint density at radius 1 is 1.30 bits per heavy atom. The van der Waals surface area contributed by atoms with Crippen LogP contribution in [0.3, 0.4) is 0 Å². The first-order chi connectivity index (χ1) is 9.74. The lowest BCUT2D eigenvalue weighted by Gasteiger charge is -2.23. The van der Waals surface area contributed by atoms with E-state index in [1.807, 2.05) is 19.2 Å². The molecule has 0 amide bonds. The second-order valence-electron chi connectivity index (χ2n) is 5.94. The van der Waals surface area contributed by atoms with Gasteiger partial charge in [-0.05, 0) is 43.7 Å². The Labute approximate surface area is 123 Å². The molecule has 0 spiro atoms. The summed E-state index contributed by atoms with van der Waals surface area (Å²) in [6, 6.07) is 4.08. The van der Waals surface area contributed by atoms with Gasteiger partial charge in [0.2, 0.25) is 0 Å². The molecule has 1 aliphatic heterocycles. The molecule has 0 radical (unpaired) electrons. The minimum atomic E-state index is -0.429. The van der Waals surface area contributed by atoms with Gasteiger partial charge in [0.05, 0.1) is 23.7 Å². The molecule has 0 aliphatic carbocycles. The predicted molar refractivity (Wildman–Crippen MR) is 83.9 cm³/mol. The van der Waals surface area contributed by atoms with E-state index >= 15 is 0 Å². The lowest BCUT2D eigenvalue weighted by Crippen LogP contribution is -2.24. The smallest absolute Gasteiger partial charge is 0.0957 e. The summed E-state index contributed by atoms with van der Waals surface area (Å²) in [6.45, 7) is 6.53. The summed E-state index contributed by atoms with van der Waals surface area (Å²) in [4.78, 5) is 6.87. The summed E-state index contributed by atoms with van der Waals surface area (Å²) in [5.74, 6) is 0.902. The van der Waals surface area contributed by atoms with Crippen LogP contribution in [0.25, 0.3) is 0 Å². The van der Waals surface area contributed by atoms with Gasteiger partial charge in [-0.25, -0.2) is 0 Å². The minimum Gasteiger partial charge on any atom is -0.387 e. The average molecular weight is 276 g/mol. The van der Waals surface area contributed by atoms with Gasteiger partial charge >= 0.3 is 0 Å². The van der Waals surface area contributed by atoms with Crippen LogP contribution in [0.5, 0.6) is 0 Å². The number of aliphatic hydroxyl groups is 1. The quantitative estimate of drug-likeness (QED) is 0.885. The van der Waals surface area contributed by atoms with Crippen LogP contribution in [0.1, 0.15) is 64.2 Å². The number of rotatable bonds is 5. The molecule has 0 saturated carbocycles. The van der Waals surface area contributed by atoms with E-state index in [0.29, 0.717) is 0 Å². The molecule has 2 atom stereocenters. The minimum absolute atomic E-state index is 0.429. The van der Waals surface area contributed by atoms with Crippen molar-refractivity contribution in [3.8, 4) is 0 Å². The Kier molecular flexibility index (Phi) is 5.84. The number of hydrogen-bond acceptors (Lipinski definition) is 3. The van der Waals surface area contributed by atoms with Crippen LogP contribution in [0.15, 0.2) is 18.3 Å². The average Bonchev–Trinajstić information content (AvgIpc) is 2.73. The molecule has 1 aromatic rings. The molecule has 20 heavy (non-hydrogen) atoms. The van der Waals surface area contributed by atoms with Gasteiger partial charge in [-0.2, -0.15) is 0 Å². The van der Waals surface area contributed by atoms with Crippen LogP contribution in [0.4, 0.5) is 5.69 Å². The molecule has 2 rings (SSSR count). The maximum absolute atomic E-state index is 9.79. The van der Waals surface area contributed by atoms with Gasteiger partial charge in [0, 0.05) is 13.1 Å². The topological polar surface area (TPSA) is 36.4 Å². The maximum atomic E-state index is 9.79. The third-order valence-electron chi connectivity index (χ3n) is 4.41. The summed E-state index contributed by atoms with van der Waals surface area (Å²) in [5.41, 5.74) is 1.99. The molecule has 1 unspecified atom stereocenters. The van der Waals surface area contributed by atoms with Crippen LogP contribution in [-0.4, -0.2) is 23.2 Å². The molecule has 2 heterocycles. The van der Waals surface area contributed by atoms with E-state index in [1.165, 1.54) is 37.8 Å². The molecule has 1 aliphatic rings. The molecule has 3 heteroatoms. The second-order valence-corrected chi connectivity index (χ2v) is 5.94. The Hall–Kier alpha value is -1.09. The SMILES string of the molecule is CCCC1CCCN(c2ccc([C@H](O)CC)nc2)CC1. The van der Waals surface area contributed by atoms with E-state index in [2.05, 4.69) is 22.9 Å². The number of hydrogen-bond donors (Lipinski definition) is 1. The zero-order chi connectivity index (χ0) is 14.4. The molecule has 112 valence electrons. The fourth-order valence-electron chi connectivity index (χ4n) is 3.11. The van der Waals surface area contributed by atoms with Crippen LogP contribution >= 0.6 is 0 Å². The van der Waals surface area contributed by atoms with Crippen molar-refractivity contribution < 1.29 is 5.11 Å². The fourth-order valence-corrected chi connectivity index (χ4v) is 3.11. The Balaban J connectivity index is 1.97. The van der Waals surface area contributed by atoms with Crippen LogP contribution in [0.2, 0.25) is 0 Å². The third-order valence-corrected chi connectivity index (χ3v) is 4.41. The molecular weight excluding hydrogens is 248 g/mol. The highest BCUT2D eigenvalue weighted by Crippen LogP contribution is 2.25. The Bertz CT molecular complexity index is 390. The van der Waals surface area contributed by atoms with Crippen molar-refractivity contribution in [3.05, 3.63) is 24.0 Å². The highest BCUT2D eigenvalue weighted by Gasteiger charge is 2.17. The fraction of sp³-hybridized carbons (Fsp3) is 0.706. The second kappa shape index (κ2) is 7.63. The number of aromatic nitrogens is 1. The van der Waals surface area contributed by atoms with Gasteiger partial charge in [-0.3, -0.25) is 4.98 Å². The zero-order valence-electron chi connectivity index (χ0n) is 12.9. The van der Waals surface area contributed by atoms with E-state index in [-0.39, 0.29) is 0 Å². The molecule has 1 aromatic heterocycles. The zero-order valence-corrected chi connectivity index (χ0v) is 12.9.